The SMILES string of the molecule is CC1(C)C=[N+](CCCS(=O)(=O)O)c2ccc3ccccc3c21. The molecule has 1 heterocycles. The maximum atomic E-state index is 10.9. The van der Waals surface area contributed by atoms with Gasteiger partial charge in [-0.15, -0.1) is 0 Å². The van der Waals surface area contributed by atoms with Gasteiger partial charge in [-0.3, -0.25) is 4.55 Å². The van der Waals surface area contributed by atoms with Crippen LogP contribution in [0.25, 0.3) is 10.8 Å². The van der Waals surface area contributed by atoms with E-state index in [0.29, 0.717) is 13.0 Å². The van der Waals surface area contributed by atoms with Crippen LogP contribution in [-0.2, 0) is 15.5 Å². The quantitative estimate of drug-likeness (QED) is 0.696. The van der Waals surface area contributed by atoms with Gasteiger partial charge in [0.05, 0.1) is 11.2 Å². The summed E-state index contributed by atoms with van der Waals surface area (Å²) in [4.78, 5) is 0. The molecule has 1 aliphatic rings. The highest BCUT2D eigenvalue weighted by atomic mass is 32.2. The Labute approximate surface area is 130 Å². The maximum absolute atomic E-state index is 10.9. The van der Waals surface area contributed by atoms with E-state index < -0.39 is 10.1 Å². The van der Waals surface area contributed by atoms with Crippen molar-refractivity contribution < 1.29 is 17.5 Å². The maximum Gasteiger partial charge on any atom is 0.265 e. The summed E-state index contributed by atoms with van der Waals surface area (Å²) in [6.45, 7) is 4.91. The summed E-state index contributed by atoms with van der Waals surface area (Å²) in [6.07, 6.45) is 2.55. The molecular weight excluding hydrogens is 298 g/mol. The first-order valence-electron chi connectivity index (χ1n) is 7.38. The van der Waals surface area contributed by atoms with Gasteiger partial charge >= 0.3 is 0 Å². The van der Waals surface area contributed by atoms with Gasteiger partial charge in [-0.2, -0.15) is 8.42 Å². The molecule has 0 aliphatic carbocycles. The van der Waals surface area contributed by atoms with Crippen molar-refractivity contribution in [3.8, 4) is 0 Å². The van der Waals surface area contributed by atoms with Crippen molar-refractivity contribution in [3.63, 3.8) is 0 Å². The zero-order valence-electron chi connectivity index (χ0n) is 12.8. The highest BCUT2D eigenvalue weighted by molar-refractivity contribution is 7.85. The average Bonchev–Trinajstić information content (AvgIpc) is 2.69. The summed E-state index contributed by atoms with van der Waals surface area (Å²) < 4.78 is 32.7. The highest BCUT2D eigenvalue weighted by Gasteiger charge is 2.38. The molecule has 0 fully saturated rings. The van der Waals surface area contributed by atoms with Crippen molar-refractivity contribution in [1.82, 2.24) is 0 Å². The Hall–Kier alpha value is -1.72. The average molecular weight is 318 g/mol. The van der Waals surface area contributed by atoms with Gasteiger partial charge in [0, 0.05) is 18.1 Å². The number of fused-ring (bicyclic) bond motifs is 3. The lowest BCUT2D eigenvalue weighted by Crippen LogP contribution is -2.18. The molecule has 0 unspecified atom stereocenters. The number of hydrogen-bond donors (Lipinski definition) is 1. The van der Waals surface area contributed by atoms with Crippen molar-refractivity contribution in [2.45, 2.75) is 25.7 Å². The van der Waals surface area contributed by atoms with Gasteiger partial charge in [0.25, 0.3) is 10.1 Å². The first-order valence-corrected chi connectivity index (χ1v) is 8.99. The Morgan fingerprint density at radius 1 is 1.14 bits per heavy atom. The van der Waals surface area contributed by atoms with Crippen LogP contribution < -0.4 is 0 Å². The Bertz CT molecular complexity index is 867. The van der Waals surface area contributed by atoms with Crippen LogP contribution in [0.5, 0.6) is 0 Å². The summed E-state index contributed by atoms with van der Waals surface area (Å²) in [5.41, 5.74) is 2.30. The molecule has 0 spiro atoms. The lowest BCUT2D eigenvalue weighted by Gasteiger charge is -2.14. The molecule has 1 aliphatic heterocycles. The molecule has 2 aromatic rings. The molecule has 0 bridgehead atoms. The monoisotopic (exact) mass is 318 g/mol. The number of nitrogens with zero attached hydrogens (tertiary/aromatic N) is 1. The van der Waals surface area contributed by atoms with E-state index in [1.165, 1.54) is 16.3 Å². The molecule has 0 atom stereocenters. The van der Waals surface area contributed by atoms with Crippen LogP contribution in [0.3, 0.4) is 0 Å². The third-order valence-electron chi connectivity index (χ3n) is 4.14. The van der Waals surface area contributed by atoms with E-state index in [2.05, 4.69) is 48.9 Å². The van der Waals surface area contributed by atoms with Crippen LogP contribution in [0.1, 0.15) is 25.8 Å². The lowest BCUT2D eigenvalue weighted by molar-refractivity contribution is -0.433. The first kappa shape index (κ1) is 15.2. The van der Waals surface area contributed by atoms with Crippen LogP contribution in [0.2, 0.25) is 0 Å². The van der Waals surface area contributed by atoms with Crippen molar-refractivity contribution >= 4 is 32.8 Å². The standard InChI is InChI=1S/C17H19NO3S/c1-17(2)12-18(10-5-11-22(19,20)21)15-9-8-13-6-3-4-7-14(13)16(15)17/h3-4,6-9,12H,5,10-11H2,1-2H3/p+1. The number of rotatable bonds is 4. The summed E-state index contributed by atoms with van der Waals surface area (Å²) in [6, 6.07) is 12.5. The second-order valence-electron chi connectivity index (χ2n) is 6.36. The third kappa shape index (κ3) is 2.78. The van der Waals surface area contributed by atoms with E-state index in [1.54, 1.807) is 0 Å². The fourth-order valence-electron chi connectivity index (χ4n) is 3.30. The first-order chi connectivity index (χ1) is 10.3. The van der Waals surface area contributed by atoms with E-state index in [-0.39, 0.29) is 11.2 Å². The normalized spacial score (nSPS) is 16.6. The van der Waals surface area contributed by atoms with E-state index in [1.807, 2.05) is 12.1 Å². The highest BCUT2D eigenvalue weighted by Crippen LogP contribution is 2.40. The molecule has 0 amide bonds. The van der Waals surface area contributed by atoms with E-state index in [0.717, 1.165) is 5.69 Å². The molecule has 3 rings (SSSR count). The molecule has 0 saturated carbocycles. The minimum absolute atomic E-state index is 0.103. The van der Waals surface area contributed by atoms with Gasteiger partial charge in [-0.25, -0.2) is 4.58 Å². The molecule has 1 N–H and O–H groups in total. The number of hydrogen-bond acceptors (Lipinski definition) is 2. The molecule has 2 aromatic carbocycles. The summed E-state index contributed by atoms with van der Waals surface area (Å²) in [5, 5.41) is 2.45. The molecule has 0 aromatic heterocycles. The van der Waals surface area contributed by atoms with Crippen LogP contribution in [0.15, 0.2) is 36.4 Å². The Morgan fingerprint density at radius 2 is 1.86 bits per heavy atom. The van der Waals surface area contributed by atoms with Crippen molar-refractivity contribution in [1.29, 1.82) is 0 Å². The van der Waals surface area contributed by atoms with Crippen LogP contribution in [0.4, 0.5) is 5.69 Å². The van der Waals surface area contributed by atoms with Crippen molar-refractivity contribution in [2.24, 2.45) is 0 Å². The van der Waals surface area contributed by atoms with Gasteiger partial charge in [0.2, 0.25) is 5.69 Å². The van der Waals surface area contributed by atoms with Crippen LogP contribution >= 0.6 is 0 Å². The molecule has 4 nitrogen and oxygen atoms in total. The molecule has 0 saturated heterocycles. The molecule has 116 valence electrons. The zero-order chi connectivity index (χ0) is 16.0. The van der Waals surface area contributed by atoms with E-state index >= 15 is 0 Å². The van der Waals surface area contributed by atoms with Crippen molar-refractivity contribution in [2.75, 3.05) is 12.3 Å². The third-order valence-corrected chi connectivity index (χ3v) is 4.95. The predicted octanol–water partition coefficient (Wildman–Crippen LogP) is 3.12. The molecule has 0 radical (unpaired) electrons. The second kappa shape index (κ2) is 5.18. The van der Waals surface area contributed by atoms with Gasteiger partial charge < -0.3 is 0 Å². The van der Waals surface area contributed by atoms with Crippen molar-refractivity contribution in [3.05, 3.63) is 42.0 Å². The summed E-state index contributed by atoms with van der Waals surface area (Å²) >= 11 is 0. The van der Waals surface area contributed by atoms with Gasteiger partial charge in [0.1, 0.15) is 6.54 Å². The van der Waals surface area contributed by atoms with Gasteiger partial charge in [0.15, 0.2) is 6.21 Å². The predicted molar refractivity (Wildman–Crippen MR) is 88.9 cm³/mol. The largest absolute Gasteiger partial charge is 0.286 e. The summed E-state index contributed by atoms with van der Waals surface area (Å²) in [7, 11) is -3.90. The fourth-order valence-corrected chi connectivity index (χ4v) is 3.80. The summed E-state index contributed by atoms with van der Waals surface area (Å²) in [5.74, 6) is -0.208. The second-order valence-corrected chi connectivity index (χ2v) is 7.94. The Kier molecular flexibility index (Phi) is 3.57. The van der Waals surface area contributed by atoms with Gasteiger partial charge in [-0.1, -0.05) is 24.3 Å². The molecule has 5 heteroatoms. The minimum atomic E-state index is -3.90. The molecular formula is C17H20NO3S+. The zero-order valence-corrected chi connectivity index (χ0v) is 13.6. The Morgan fingerprint density at radius 3 is 2.59 bits per heavy atom. The van der Waals surface area contributed by atoms with Crippen LogP contribution in [0, 0.1) is 0 Å². The number of benzene rings is 2. The topological polar surface area (TPSA) is 57.4 Å². The smallest absolute Gasteiger partial charge is 0.265 e. The minimum Gasteiger partial charge on any atom is -0.286 e. The van der Waals surface area contributed by atoms with Crippen LogP contribution in [-0.4, -0.2) is 36.1 Å². The van der Waals surface area contributed by atoms with E-state index in [4.69, 9.17) is 4.55 Å². The Balaban J connectivity index is 1.99. The molecule has 22 heavy (non-hydrogen) atoms. The van der Waals surface area contributed by atoms with Gasteiger partial charge in [-0.05, 0) is 30.7 Å². The lowest BCUT2D eigenvalue weighted by atomic mass is 9.84. The van der Waals surface area contributed by atoms with E-state index in [9.17, 15) is 8.42 Å². The fraction of sp³-hybridized carbons (Fsp3) is 0.353.